The van der Waals surface area contributed by atoms with Gasteiger partial charge in [-0.2, -0.15) is 5.10 Å². The minimum atomic E-state index is 0.794. The second kappa shape index (κ2) is 4.88. The fraction of sp³-hybridized carbons (Fsp3) is 0.333. The van der Waals surface area contributed by atoms with Crippen molar-refractivity contribution in [3.8, 4) is 0 Å². The zero-order valence-electron chi connectivity index (χ0n) is 11.3. The number of hydrogen-bond donors (Lipinski definition) is 1. The van der Waals surface area contributed by atoms with E-state index in [9.17, 15) is 0 Å². The molecular formula is C15H18N4. The van der Waals surface area contributed by atoms with E-state index >= 15 is 0 Å². The summed E-state index contributed by atoms with van der Waals surface area (Å²) in [6, 6.07) is 10.4. The van der Waals surface area contributed by atoms with Crippen molar-refractivity contribution in [3.05, 3.63) is 47.2 Å². The summed E-state index contributed by atoms with van der Waals surface area (Å²) >= 11 is 0. The highest BCUT2D eigenvalue weighted by atomic mass is 15.3. The van der Waals surface area contributed by atoms with E-state index in [-0.39, 0.29) is 0 Å². The summed E-state index contributed by atoms with van der Waals surface area (Å²) in [5.41, 5.74) is 4.49. The van der Waals surface area contributed by atoms with Crippen molar-refractivity contribution in [2.45, 2.75) is 13.3 Å². The normalized spacial score (nSPS) is 14.3. The molecule has 1 aliphatic rings. The van der Waals surface area contributed by atoms with Crippen LogP contribution in [0.3, 0.4) is 0 Å². The molecule has 0 amide bonds. The Kier molecular flexibility index (Phi) is 3.07. The van der Waals surface area contributed by atoms with Gasteiger partial charge in [-0.05, 0) is 6.42 Å². The maximum Gasteiger partial charge on any atom is 0.133 e. The lowest BCUT2D eigenvalue weighted by Gasteiger charge is -2.07. The predicted molar refractivity (Wildman–Crippen MR) is 78.0 cm³/mol. The van der Waals surface area contributed by atoms with Crippen molar-refractivity contribution < 1.29 is 0 Å². The van der Waals surface area contributed by atoms with Gasteiger partial charge in [0.1, 0.15) is 5.82 Å². The molecule has 0 fully saturated rings. The summed E-state index contributed by atoms with van der Waals surface area (Å²) in [7, 11) is 1.99. The SMILES string of the molecule is CCc1nn(C)c2c1C(c1ccccc1)=NCCN2. The lowest BCUT2D eigenvalue weighted by atomic mass is 10.0. The summed E-state index contributed by atoms with van der Waals surface area (Å²) in [6.07, 6.45) is 0.913. The second-order valence-corrected chi connectivity index (χ2v) is 4.67. The Morgan fingerprint density at radius 1 is 1.26 bits per heavy atom. The van der Waals surface area contributed by atoms with Gasteiger partial charge in [0.25, 0.3) is 0 Å². The first-order valence-electron chi connectivity index (χ1n) is 6.71. The first-order chi connectivity index (χ1) is 9.31. The Morgan fingerprint density at radius 2 is 2.05 bits per heavy atom. The molecule has 3 rings (SSSR count). The van der Waals surface area contributed by atoms with Crippen molar-refractivity contribution in [3.63, 3.8) is 0 Å². The van der Waals surface area contributed by atoms with Crippen LogP contribution in [-0.2, 0) is 13.5 Å². The predicted octanol–water partition coefficient (Wildman–Crippen LogP) is 2.25. The van der Waals surface area contributed by atoms with Crippen molar-refractivity contribution in [1.82, 2.24) is 9.78 Å². The van der Waals surface area contributed by atoms with Crippen LogP contribution in [0.2, 0.25) is 0 Å². The zero-order chi connectivity index (χ0) is 13.2. The van der Waals surface area contributed by atoms with E-state index in [1.165, 1.54) is 0 Å². The molecule has 1 aliphatic heterocycles. The van der Waals surface area contributed by atoms with Gasteiger partial charge in [-0.3, -0.25) is 9.67 Å². The van der Waals surface area contributed by atoms with Crippen LogP contribution in [0.15, 0.2) is 35.3 Å². The fourth-order valence-electron chi connectivity index (χ4n) is 2.53. The van der Waals surface area contributed by atoms with Gasteiger partial charge in [-0.15, -0.1) is 0 Å². The standard InChI is InChI=1S/C15H18N4/c1-3-12-13-14(11-7-5-4-6-8-11)16-9-10-17-15(13)19(2)18-12/h4-8,17H,3,9-10H2,1-2H3. The third-order valence-electron chi connectivity index (χ3n) is 3.41. The Morgan fingerprint density at radius 3 is 2.79 bits per heavy atom. The highest BCUT2D eigenvalue weighted by Gasteiger charge is 2.22. The van der Waals surface area contributed by atoms with Gasteiger partial charge in [-0.1, -0.05) is 37.3 Å². The van der Waals surface area contributed by atoms with Crippen molar-refractivity contribution in [2.24, 2.45) is 12.0 Å². The molecule has 1 aromatic heterocycles. The zero-order valence-corrected chi connectivity index (χ0v) is 11.3. The molecule has 4 nitrogen and oxygen atoms in total. The maximum atomic E-state index is 4.76. The van der Waals surface area contributed by atoms with E-state index in [4.69, 9.17) is 4.99 Å². The average Bonchev–Trinajstić information content (AvgIpc) is 2.64. The van der Waals surface area contributed by atoms with Crippen LogP contribution in [-0.4, -0.2) is 28.6 Å². The lowest BCUT2D eigenvalue weighted by molar-refractivity contribution is 0.747. The Labute approximate surface area is 113 Å². The van der Waals surface area contributed by atoms with Crippen molar-refractivity contribution in [1.29, 1.82) is 0 Å². The highest BCUT2D eigenvalue weighted by Crippen LogP contribution is 2.25. The molecule has 4 heteroatoms. The number of anilines is 1. The number of rotatable bonds is 2. The van der Waals surface area contributed by atoms with E-state index in [1.807, 2.05) is 17.8 Å². The Hall–Kier alpha value is -2.10. The molecule has 2 heterocycles. The highest BCUT2D eigenvalue weighted by molar-refractivity contribution is 6.16. The van der Waals surface area contributed by atoms with E-state index < -0.39 is 0 Å². The van der Waals surface area contributed by atoms with Gasteiger partial charge in [0, 0.05) is 19.2 Å². The third kappa shape index (κ3) is 2.03. The number of aryl methyl sites for hydroxylation is 2. The van der Waals surface area contributed by atoms with Crippen LogP contribution in [0.4, 0.5) is 5.82 Å². The minimum Gasteiger partial charge on any atom is -0.368 e. The molecule has 19 heavy (non-hydrogen) atoms. The van der Waals surface area contributed by atoms with Gasteiger partial charge in [0.15, 0.2) is 0 Å². The summed E-state index contributed by atoms with van der Waals surface area (Å²) in [6.45, 7) is 3.78. The summed E-state index contributed by atoms with van der Waals surface area (Å²) < 4.78 is 1.93. The van der Waals surface area contributed by atoms with E-state index in [0.29, 0.717) is 0 Å². The molecule has 0 saturated carbocycles. The molecule has 0 atom stereocenters. The number of aromatic nitrogens is 2. The summed E-state index contributed by atoms with van der Waals surface area (Å²) in [5, 5.41) is 8.04. The van der Waals surface area contributed by atoms with Gasteiger partial charge in [-0.25, -0.2) is 0 Å². The van der Waals surface area contributed by atoms with Crippen molar-refractivity contribution in [2.75, 3.05) is 18.4 Å². The van der Waals surface area contributed by atoms with Gasteiger partial charge in [0.2, 0.25) is 0 Å². The van der Waals surface area contributed by atoms with E-state index in [0.717, 1.165) is 47.9 Å². The maximum absolute atomic E-state index is 4.76. The quantitative estimate of drug-likeness (QED) is 0.893. The lowest BCUT2D eigenvalue weighted by Crippen LogP contribution is -2.08. The smallest absolute Gasteiger partial charge is 0.133 e. The number of aliphatic imine (C=N–C) groups is 1. The Bertz CT molecular complexity index is 611. The number of nitrogens with zero attached hydrogens (tertiary/aromatic N) is 3. The summed E-state index contributed by atoms with van der Waals surface area (Å²) in [5.74, 6) is 1.08. The van der Waals surface area contributed by atoms with Gasteiger partial charge >= 0.3 is 0 Å². The van der Waals surface area contributed by atoms with Crippen LogP contribution < -0.4 is 5.32 Å². The van der Waals surface area contributed by atoms with Crippen LogP contribution in [0.1, 0.15) is 23.7 Å². The fourth-order valence-corrected chi connectivity index (χ4v) is 2.53. The molecule has 2 aromatic rings. The largest absolute Gasteiger partial charge is 0.368 e. The molecule has 1 N–H and O–H groups in total. The number of fused-ring (bicyclic) bond motifs is 1. The van der Waals surface area contributed by atoms with Crippen LogP contribution >= 0.6 is 0 Å². The first kappa shape index (κ1) is 12.0. The number of hydrogen-bond acceptors (Lipinski definition) is 3. The number of nitrogens with one attached hydrogen (secondary N) is 1. The molecule has 0 saturated heterocycles. The monoisotopic (exact) mass is 254 g/mol. The third-order valence-corrected chi connectivity index (χ3v) is 3.41. The molecule has 1 aromatic carbocycles. The average molecular weight is 254 g/mol. The Balaban J connectivity index is 2.20. The molecule has 0 unspecified atom stereocenters. The van der Waals surface area contributed by atoms with E-state index in [1.54, 1.807) is 0 Å². The van der Waals surface area contributed by atoms with Crippen molar-refractivity contribution >= 4 is 11.5 Å². The molecule has 98 valence electrons. The number of benzene rings is 1. The molecular weight excluding hydrogens is 236 g/mol. The minimum absolute atomic E-state index is 0.794. The van der Waals surface area contributed by atoms with Crippen LogP contribution in [0, 0.1) is 0 Å². The second-order valence-electron chi connectivity index (χ2n) is 4.67. The van der Waals surface area contributed by atoms with Crippen LogP contribution in [0.5, 0.6) is 0 Å². The first-order valence-corrected chi connectivity index (χ1v) is 6.71. The molecule has 0 aliphatic carbocycles. The molecule has 0 radical (unpaired) electrons. The van der Waals surface area contributed by atoms with Gasteiger partial charge in [0.05, 0.1) is 23.5 Å². The van der Waals surface area contributed by atoms with Crippen LogP contribution in [0.25, 0.3) is 0 Å². The topological polar surface area (TPSA) is 42.2 Å². The summed E-state index contributed by atoms with van der Waals surface area (Å²) in [4.78, 5) is 4.76. The molecule has 0 spiro atoms. The van der Waals surface area contributed by atoms with E-state index in [2.05, 4.69) is 41.6 Å². The van der Waals surface area contributed by atoms with Gasteiger partial charge < -0.3 is 5.32 Å². The molecule has 0 bridgehead atoms.